The van der Waals surface area contributed by atoms with Gasteiger partial charge in [-0.2, -0.15) is 0 Å². The summed E-state index contributed by atoms with van der Waals surface area (Å²) in [6, 6.07) is 13.9. The molecule has 0 amide bonds. The third-order valence-corrected chi connectivity index (χ3v) is 8.29. The van der Waals surface area contributed by atoms with Gasteiger partial charge in [0, 0.05) is 62.1 Å². The minimum Gasteiger partial charge on any atom is -0.478 e. The van der Waals surface area contributed by atoms with Crippen molar-refractivity contribution in [2.45, 2.75) is 58.9 Å². The fourth-order valence-electron chi connectivity index (χ4n) is 5.63. The molecule has 0 aromatic heterocycles. The molecule has 2 aliphatic rings. The lowest BCUT2D eigenvalue weighted by Gasteiger charge is -2.46. The predicted molar refractivity (Wildman–Crippen MR) is 160 cm³/mol. The monoisotopic (exact) mass is 568 g/mol. The van der Waals surface area contributed by atoms with Crippen molar-refractivity contribution >= 4 is 17.6 Å². The highest BCUT2D eigenvalue weighted by Gasteiger charge is 2.35. The van der Waals surface area contributed by atoms with Crippen LogP contribution in [0.15, 0.2) is 66.4 Å². The molecule has 0 radical (unpaired) electrons. The zero-order valence-electron chi connectivity index (χ0n) is 23.9. The Labute approximate surface area is 243 Å². The Hall–Kier alpha value is -2.71. The molecule has 0 aliphatic carbocycles. The van der Waals surface area contributed by atoms with Crippen LogP contribution in [0.25, 0.3) is 0 Å². The van der Waals surface area contributed by atoms with Crippen LogP contribution < -0.4 is 0 Å². The summed E-state index contributed by atoms with van der Waals surface area (Å²) in [6.45, 7) is 13.4. The first-order valence-electron chi connectivity index (χ1n) is 14.4. The average molecular weight is 569 g/mol. The highest BCUT2D eigenvalue weighted by Crippen LogP contribution is 2.25. The fourth-order valence-corrected chi connectivity index (χ4v) is 5.89. The van der Waals surface area contributed by atoms with Gasteiger partial charge in [-0.25, -0.2) is 9.18 Å². The highest BCUT2D eigenvalue weighted by atomic mass is 35.5. The smallest absolute Gasteiger partial charge is 0.335 e. The Bertz CT molecular complexity index is 1170. The maximum absolute atomic E-state index is 14.1. The fraction of sp³-hybridized carbons (Fsp3) is 0.469. The number of piperazine rings is 1. The maximum atomic E-state index is 14.1. The number of nitrogens with zero attached hydrogens (tertiary/aromatic N) is 4. The van der Waals surface area contributed by atoms with E-state index < -0.39 is 5.97 Å². The lowest BCUT2D eigenvalue weighted by Crippen LogP contribution is -2.57. The largest absolute Gasteiger partial charge is 0.478 e. The molecule has 2 aromatic carbocycles. The van der Waals surface area contributed by atoms with Gasteiger partial charge in [-0.15, -0.1) is 0 Å². The summed E-state index contributed by atoms with van der Waals surface area (Å²) in [6.07, 6.45) is 6.84. The summed E-state index contributed by atoms with van der Waals surface area (Å²) in [5.74, 6) is -1.07. The molecule has 1 atom stereocenters. The molecule has 0 spiro atoms. The minimum absolute atomic E-state index is 0.217. The first-order valence-corrected chi connectivity index (χ1v) is 14.7. The van der Waals surface area contributed by atoms with Crippen molar-refractivity contribution in [3.8, 4) is 0 Å². The van der Waals surface area contributed by atoms with Crippen LogP contribution in [0, 0.1) is 5.82 Å². The topological polar surface area (TPSA) is 50.3 Å². The van der Waals surface area contributed by atoms with Crippen molar-refractivity contribution in [3.63, 3.8) is 0 Å². The molecule has 6 nitrogen and oxygen atoms in total. The van der Waals surface area contributed by atoms with E-state index >= 15 is 0 Å². The van der Waals surface area contributed by atoms with Crippen LogP contribution in [0.1, 0.15) is 43.9 Å². The quantitative estimate of drug-likeness (QED) is 0.358. The molecule has 0 bridgehead atoms. The van der Waals surface area contributed by atoms with Crippen LogP contribution in [0.4, 0.5) is 4.39 Å². The Kier molecular flexibility index (Phi) is 10.8. The van der Waals surface area contributed by atoms with Gasteiger partial charge in [-0.3, -0.25) is 14.7 Å². The van der Waals surface area contributed by atoms with Crippen LogP contribution in [0.5, 0.6) is 0 Å². The standard InChI is InChI=1S/C32H42ClFN4O2/c1-4-35(16-6-8-27-29(33)10-5-11-30(27)34)22-25-12-14-26(15-13-25)23-36-18-20-37(21-19-36)31-28(32(39)40)9-7-17-38(31)24(2)3/h5,7,9-15,17,24,31H,4,6,8,16,18-23H2,1-3H3,(H,39,40). The van der Waals surface area contributed by atoms with Crippen molar-refractivity contribution in [1.29, 1.82) is 0 Å². The van der Waals surface area contributed by atoms with E-state index in [-0.39, 0.29) is 18.0 Å². The maximum Gasteiger partial charge on any atom is 0.335 e. The number of aliphatic carboxylic acids is 1. The third-order valence-electron chi connectivity index (χ3n) is 7.94. The molecular weight excluding hydrogens is 527 g/mol. The molecule has 0 saturated carbocycles. The summed E-state index contributed by atoms with van der Waals surface area (Å²) in [5.41, 5.74) is 3.60. The summed E-state index contributed by atoms with van der Waals surface area (Å²) < 4.78 is 14.1. The predicted octanol–water partition coefficient (Wildman–Crippen LogP) is 5.63. The number of allylic oxidation sites excluding steroid dienone is 2. The normalized spacial score (nSPS) is 18.5. The lowest BCUT2D eigenvalue weighted by molar-refractivity contribution is -0.134. The number of halogens is 2. The van der Waals surface area contributed by atoms with Crippen LogP contribution in [0.3, 0.4) is 0 Å². The SMILES string of the molecule is CCN(CCCc1c(F)cccc1Cl)Cc1ccc(CN2CCN(C3C(C(=O)O)=CC=CN3C(C)C)CC2)cc1. The van der Waals surface area contributed by atoms with Crippen LogP contribution >= 0.6 is 11.6 Å². The van der Waals surface area contributed by atoms with Gasteiger partial charge in [0.15, 0.2) is 0 Å². The Morgan fingerprint density at radius 2 is 1.80 bits per heavy atom. The van der Waals surface area contributed by atoms with Crippen molar-refractivity contribution in [2.24, 2.45) is 0 Å². The number of carbonyl (C=O) groups is 1. The summed E-state index contributed by atoms with van der Waals surface area (Å²) in [7, 11) is 0. The van der Waals surface area contributed by atoms with Gasteiger partial charge in [0.2, 0.25) is 0 Å². The number of rotatable bonds is 12. The molecule has 2 aromatic rings. The van der Waals surface area contributed by atoms with E-state index in [1.54, 1.807) is 18.2 Å². The third kappa shape index (κ3) is 7.72. The first kappa shape index (κ1) is 30.3. The molecule has 1 fully saturated rings. The van der Waals surface area contributed by atoms with E-state index in [0.29, 0.717) is 22.6 Å². The molecule has 2 heterocycles. The second-order valence-corrected chi connectivity index (χ2v) is 11.4. The minimum atomic E-state index is -0.848. The van der Waals surface area contributed by atoms with Gasteiger partial charge >= 0.3 is 5.97 Å². The number of carboxylic acid groups (broad SMARTS) is 1. The molecule has 1 saturated heterocycles. The van der Waals surface area contributed by atoms with E-state index in [9.17, 15) is 14.3 Å². The Morgan fingerprint density at radius 1 is 1.10 bits per heavy atom. The van der Waals surface area contributed by atoms with E-state index in [1.165, 1.54) is 17.2 Å². The molecule has 8 heteroatoms. The van der Waals surface area contributed by atoms with E-state index in [4.69, 9.17) is 11.6 Å². The first-order chi connectivity index (χ1) is 19.3. The van der Waals surface area contributed by atoms with Crippen LogP contribution in [-0.4, -0.2) is 82.2 Å². The Balaban J connectivity index is 1.25. The van der Waals surface area contributed by atoms with Crippen LogP contribution in [-0.2, 0) is 24.3 Å². The van der Waals surface area contributed by atoms with Crippen molar-refractivity contribution in [2.75, 3.05) is 39.3 Å². The zero-order valence-corrected chi connectivity index (χ0v) is 24.7. The van der Waals surface area contributed by atoms with Gasteiger partial charge in [-0.05, 0) is 75.2 Å². The molecule has 2 aliphatic heterocycles. The molecular formula is C32H42ClFN4O2. The molecule has 1 unspecified atom stereocenters. The Morgan fingerprint density at radius 3 is 2.42 bits per heavy atom. The van der Waals surface area contributed by atoms with Crippen molar-refractivity contribution in [1.82, 2.24) is 19.6 Å². The summed E-state index contributed by atoms with van der Waals surface area (Å²) in [5, 5.41) is 10.3. The van der Waals surface area contributed by atoms with Crippen molar-refractivity contribution in [3.05, 3.63) is 93.9 Å². The van der Waals surface area contributed by atoms with Crippen molar-refractivity contribution < 1.29 is 14.3 Å². The van der Waals surface area contributed by atoms with Gasteiger partial charge in [-0.1, -0.05) is 48.9 Å². The van der Waals surface area contributed by atoms with Gasteiger partial charge in [0.1, 0.15) is 12.0 Å². The molecule has 216 valence electrons. The number of carboxylic acids is 1. The second kappa shape index (κ2) is 14.3. The zero-order chi connectivity index (χ0) is 28.6. The summed E-state index contributed by atoms with van der Waals surface area (Å²) in [4.78, 5) is 21.2. The van der Waals surface area contributed by atoms with E-state index in [1.807, 2.05) is 12.3 Å². The van der Waals surface area contributed by atoms with Gasteiger partial charge in [0.05, 0.1) is 5.57 Å². The van der Waals surface area contributed by atoms with Crippen LogP contribution in [0.2, 0.25) is 5.02 Å². The van der Waals surface area contributed by atoms with E-state index in [2.05, 4.69) is 64.6 Å². The number of benzene rings is 2. The molecule has 1 N–H and O–H groups in total. The highest BCUT2D eigenvalue weighted by molar-refractivity contribution is 6.31. The second-order valence-electron chi connectivity index (χ2n) is 11.0. The van der Waals surface area contributed by atoms with Gasteiger partial charge < -0.3 is 10.0 Å². The number of hydrogen-bond acceptors (Lipinski definition) is 5. The van der Waals surface area contributed by atoms with E-state index in [0.717, 1.165) is 58.8 Å². The summed E-state index contributed by atoms with van der Waals surface area (Å²) >= 11 is 6.18. The molecule has 40 heavy (non-hydrogen) atoms. The van der Waals surface area contributed by atoms with Gasteiger partial charge in [0.25, 0.3) is 0 Å². The molecule has 4 rings (SSSR count). The average Bonchev–Trinajstić information content (AvgIpc) is 2.95. The lowest BCUT2D eigenvalue weighted by atomic mass is 10.0. The number of hydrogen-bond donors (Lipinski definition) is 1.